The minimum absolute atomic E-state index is 0.340. The predicted molar refractivity (Wildman–Crippen MR) is 150 cm³/mol. The first-order valence-electron chi connectivity index (χ1n) is 12.3. The summed E-state index contributed by atoms with van der Waals surface area (Å²) in [4.78, 5) is 6.67. The molecule has 1 fully saturated rings. The Morgan fingerprint density at radius 2 is 1.76 bits per heavy atom. The van der Waals surface area contributed by atoms with Crippen LogP contribution in [0.15, 0.2) is 88.0 Å². The number of nitrogens with one attached hydrogen (secondary N) is 1. The Balaban J connectivity index is 1.22. The van der Waals surface area contributed by atoms with Crippen LogP contribution in [-0.4, -0.2) is 30.0 Å². The number of halogens is 3. The van der Waals surface area contributed by atoms with Gasteiger partial charge in [0.2, 0.25) is 0 Å². The van der Waals surface area contributed by atoms with Crippen LogP contribution in [0.1, 0.15) is 48.2 Å². The van der Waals surface area contributed by atoms with E-state index < -0.39 is 11.7 Å². The third-order valence-corrected chi connectivity index (χ3v) is 7.24. The van der Waals surface area contributed by atoms with Gasteiger partial charge in [-0.15, -0.1) is 5.10 Å². The molecule has 1 unspecified atom stereocenters. The van der Waals surface area contributed by atoms with E-state index in [2.05, 4.69) is 63.6 Å². The number of rotatable bonds is 6. The van der Waals surface area contributed by atoms with Crippen LogP contribution in [0.5, 0.6) is 0 Å². The van der Waals surface area contributed by atoms with Gasteiger partial charge in [0, 0.05) is 18.0 Å². The highest BCUT2D eigenvalue weighted by atomic mass is 32.2. The number of anilines is 2. The van der Waals surface area contributed by atoms with Crippen LogP contribution in [0, 0.1) is 0 Å². The van der Waals surface area contributed by atoms with Crippen LogP contribution < -0.4 is 15.3 Å². The third-order valence-electron chi connectivity index (χ3n) is 6.29. The lowest BCUT2D eigenvalue weighted by Gasteiger charge is -2.22. The Morgan fingerprint density at radius 3 is 2.47 bits per heavy atom. The van der Waals surface area contributed by atoms with Crippen LogP contribution in [-0.2, 0) is 6.18 Å². The molecular formula is C28H27F3N6S. The van der Waals surface area contributed by atoms with E-state index in [4.69, 9.17) is 0 Å². The van der Waals surface area contributed by atoms with Crippen LogP contribution in [0.25, 0.3) is 0 Å². The second kappa shape index (κ2) is 11.0. The molecule has 0 aromatic heterocycles. The number of thioether (sulfide) groups is 1. The smallest absolute Gasteiger partial charge is 0.318 e. The fourth-order valence-electron chi connectivity index (χ4n) is 4.28. The summed E-state index contributed by atoms with van der Waals surface area (Å²) in [5.41, 5.74) is 7.36. The Labute approximate surface area is 223 Å². The zero-order valence-electron chi connectivity index (χ0n) is 20.9. The molecule has 0 aliphatic carbocycles. The van der Waals surface area contributed by atoms with E-state index in [1.54, 1.807) is 29.3 Å². The first-order chi connectivity index (χ1) is 18.3. The Bertz CT molecular complexity index is 1350. The van der Waals surface area contributed by atoms with Crippen LogP contribution >= 0.6 is 11.8 Å². The molecule has 2 heterocycles. The number of hydrogen-bond donors (Lipinski definition) is 1. The standard InChI is InChI=1S/C28H27F3N6S/c1-19(2)24-5-3-4-6-25(24)36-15-16-38-27(36)34-33-17-20-7-9-21(10-8-20)26-32-18-37(35-26)23-13-11-22(12-14-23)28(29,30)31/h3-14,17-19,26,35H,15-16H2,1-2H3/b33-17+,34-27-. The molecule has 1 N–H and O–H groups in total. The van der Waals surface area contributed by atoms with E-state index >= 15 is 0 Å². The summed E-state index contributed by atoms with van der Waals surface area (Å²) in [6.45, 7) is 5.29. The highest BCUT2D eigenvalue weighted by Gasteiger charge is 2.30. The first-order valence-corrected chi connectivity index (χ1v) is 13.2. The van der Waals surface area contributed by atoms with Crippen molar-refractivity contribution in [2.45, 2.75) is 32.1 Å². The maximum absolute atomic E-state index is 12.8. The topological polar surface area (TPSA) is 55.6 Å². The number of para-hydroxylation sites is 1. The lowest BCUT2D eigenvalue weighted by molar-refractivity contribution is -0.137. The molecular weight excluding hydrogens is 509 g/mol. The number of aliphatic imine (C=N–C) groups is 1. The largest absolute Gasteiger partial charge is 0.416 e. The molecule has 1 atom stereocenters. The van der Waals surface area contributed by atoms with Crippen LogP contribution in [0.4, 0.5) is 24.5 Å². The van der Waals surface area contributed by atoms with E-state index in [1.165, 1.54) is 23.4 Å². The Morgan fingerprint density at radius 1 is 1.03 bits per heavy atom. The fraction of sp³-hybridized carbons (Fsp3) is 0.250. The summed E-state index contributed by atoms with van der Waals surface area (Å²) in [5.74, 6) is 1.38. The minimum Gasteiger partial charge on any atom is -0.318 e. The van der Waals surface area contributed by atoms with Crippen molar-refractivity contribution in [2.24, 2.45) is 15.2 Å². The lowest BCUT2D eigenvalue weighted by atomic mass is 10.0. The number of nitrogens with zero attached hydrogens (tertiary/aromatic N) is 5. The highest BCUT2D eigenvalue weighted by molar-refractivity contribution is 8.14. The van der Waals surface area contributed by atoms with Crippen LogP contribution in [0.2, 0.25) is 0 Å². The van der Waals surface area contributed by atoms with Gasteiger partial charge in [-0.2, -0.15) is 23.7 Å². The second-order valence-electron chi connectivity index (χ2n) is 9.22. The van der Waals surface area contributed by atoms with Crippen molar-refractivity contribution < 1.29 is 13.2 Å². The first kappa shape index (κ1) is 26.0. The van der Waals surface area contributed by atoms with Crippen molar-refractivity contribution in [3.63, 3.8) is 0 Å². The lowest BCUT2D eigenvalue weighted by Crippen LogP contribution is -2.33. The molecule has 0 saturated carbocycles. The zero-order valence-corrected chi connectivity index (χ0v) is 21.7. The van der Waals surface area contributed by atoms with Crippen molar-refractivity contribution >= 4 is 40.9 Å². The minimum atomic E-state index is -4.36. The Hall–Kier alpha value is -3.63. The van der Waals surface area contributed by atoms with Gasteiger partial charge in [-0.3, -0.25) is 5.01 Å². The van der Waals surface area contributed by atoms with Crippen molar-refractivity contribution in [3.8, 4) is 0 Å². The number of benzene rings is 3. The van der Waals surface area contributed by atoms with Gasteiger partial charge >= 0.3 is 6.18 Å². The van der Waals surface area contributed by atoms with Gasteiger partial charge in [0.25, 0.3) is 0 Å². The van der Waals surface area contributed by atoms with Gasteiger partial charge in [0.15, 0.2) is 5.17 Å². The average molecular weight is 537 g/mol. The number of amidine groups is 1. The molecule has 0 spiro atoms. The number of hydrazine groups is 1. The summed E-state index contributed by atoms with van der Waals surface area (Å²) >= 11 is 1.70. The van der Waals surface area contributed by atoms with E-state index in [-0.39, 0.29) is 6.17 Å². The zero-order chi connectivity index (χ0) is 26.7. The fourth-order valence-corrected chi connectivity index (χ4v) is 5.19. The van der Waals surface area contributed by atoms with Crippen molar-refractivity contribution in [3.05, 3.63) is 95.1 Å². The van der Waals surface area contributed by atoms with E-state index in [1.807, 2.05) is 24.3 Å². The Kier molecular flexibility index (Phi) is 7.53. The highest BCUT2D eigenvalue weighted by Crippen LogP contribution is 2.33. The molecule has 0 bridgehead atoms. The van der Waals surface area contributed by atoms with Crippen molar-refractivity contribution in [2.75, 3.05) is 22.2 Å². The number of alkyl halides is 3. The van der Waals surface area contributed by atoms with Gasteiger partial charge in [-0.05, 0) is 52.9 Å². The third kappa shape index (κ3) is 5.76. The SMILES string of the molecule is CC(C)c1ccccc1N1CCS/C1=N\N=C\c1ccc(C2N=CN(c3ccc(C(F)(F)F)cc3)N2)cc1. The van der Waals surface area contributed by atoms with Crippen LogP contribution in [0.3, 0.4) is 0 Å². The monoisotopic (exact) mass is 536 g/mol. The van der Waals surface area contributed by atoms with Crippen molar-refractivity contribution in [1.29, 1.82) is 0 Å². The number of hydrogen-bond acceptors (Lipinski definition) is 6. The van der Waals surface area contributed by atoms with Gasteiger partial charge in [-0.1, -0.05) is 68.1 Å². The van der Waals surface area contributed by atoms with Crippen molar-refractivity contribution in [1.82, 2.24) is 5.43 Å². The molecule has 5 rings (SSSR count). The van der Waals surface area contributed by atoms with Gasteiger partial charge in [-0.25, -0.2) is 4.99 Å². The molecule has 0 amide bonds. The molecule has 2 aliphatic rings. The second-order valence-corrected chi connectivity index (χ2v) is 10.3. The van der Waals surface area contributed by atoms with E-state index in [0.717, 1.165) is 40.7 Å². The summed E-state index contributed by atoms with van der Waals surface area (Å²) in [5, 5.41) is 11.3. The molecule has 2 aliphatic heterocycles. The summed E-state index contributed by atoms with van der Waals surface area (Å²) in [6.07, 6.45) is -1.41. The average Bonchev–Trinajstić information content (AvgIpc) is 3.59. The molecule has 196 valence electrons. The summed E-state index contributed by atoms with van der Waals surface area (Å²) < 4.78 is 38.5. The van der Waals surface area contributed by atoms with Gasteiger partial charge < -0.3 is 4.90 Å². The van der Waals surface area contributed by atoms with Gasteiger partial charge in [0.1, 0.15) is 12.5 Å². The summed E-state index contributed by atoms with van der Waals surface area (Å²) in [6, 6.07) is 21.1. The van der Waals surface area contributed by atoms with Gasteiger partial charge in [0.05, 0.1) is 17.5 Å². The molecule has 3 aromatic carbocycles. The molecule has 1 saturated heterocycles. The summed E-state index contributed by atoms with van der Waals surface area (Å²) in [7, 11) is 0. The maximum atomic E-state index is 12.8. The maximum Gasteiger partial charge on any atom is 0.416 e. The molecule has 10 heteroatoms. The van der Waals surface area contributed by atoms with E-state index in [9.17, 15) is 13.2 Å². The normalized spacial score (nSPS) is 19.0. The van der Waals surface area contributed by atoms with E-state index in [0.29, 0.717) is 11.6 Å². The molecule has 0 radical (unpaired) electrons. The predicted octanol–water partition coefficient (Wildman–Crippen LogP) is 6.82. The quantitative estimate of drug-likeness (QED) is 0.277. The molecule has 3 aromatic rings. The molecule has 6 nitrogen and oxygen atoms in total. The molecule has 38 heavy (non-hydrogen) atoms.